The van der Waals surface area contributed by atoms with Crippen LogP contribution in [0.25, 0.3) is 0 Å². The van der Waals surface area contributed by atoms with Crippen LogP contribution in [0.15, 0.2) is 0 Å². The first-order chi connectivity index (χ1) is 4.34. The van der Waals surface area contributed by atoms with Crippen LogP contribution in [0.3, 0.4) is 0 Å². The van der Waals surface area contributed by atoms with E-state index in [-0.39, 0.29) is 12.9 Å². The Kier molecular flexibility index (Phi) is 2.45. The Balaban J connectivity index is 2.22. The number of hydrogen-bond donors (Lipinski definition) is 1. The van der Waals surface area contributed by atoms with E-state index in [2.05, 4.69) is 6.92 Å². The predicted octanol–water partition coefficient (Wildman–Crippen LogP) is 0.478. The van der Waals surface area contributed by atoms with Crippen LogP contribution in [0.5, 0.6) is 0 Å². The van der Waals surface area contributed by atoms with Crippen LogP contribution in [0.1, 0.15) is 19.8 Å². The number of aliphatic hydroxyl groups excluding tert-OH is 1. The first kappa shape index (κ1) is 6.99. The zero-order valence-electron chi connectivity index (χ0n) is 5.54. The molecule has 1 rings (SSSR count). The van der Waals surface area contributed by atoms with E-state index in [0.717, 1.165) is 12.8 Å². The number of aliphatic hydroxyl groups is 1. The molecule has 0 aromatic carbocycles. The second-order valence-electron chi connectivity index (χ2n) is 2.17. The highest BCUT2D eigenvalue weighted by Crippen LogP contribution is 2.14. The van der Waals surface area contributed by atoms with E-state index in [1.807, 2.05) is 0 Å². The van der Waals surface area contributed by atoms with Crippen molar-refractivity contribution in [1.82, 2.24) is 0 Å². The first-order valence-electron chi connectivity index (χ1n) is 3.26. The van der Waals surface area contributed by atoms with E-state index in [1.54, 1.807) is 0 Å². The molecule has 1 N–H and O–H groups in total. The van der Waals surface area contributed by atoms with Crippen LogP contribution in [0, 0.1) is 0 Å². The summed E-state index contributed by atoms with van der Waals surface area (Å²) in [6.45, 7) is 2.29. The monoisotopic (exact) mass is 132 g/mol. The minimum atomic E-state index is -0.690. The maximum Gasteiger partial charge on any atom is 0.183 e. The summed E-state index contributed by atoms with van der Waals surface area (Å²) in [5, 5.41) is 8.97. The molecule has 2 unspecified atom stereocenters. The summed E-state index contributed by atoms with van der Waals surface area (Å²) < 4.78 is 9.78. The maximum absolute atomic E-state index is 8.97. The summed E-state index contributed by atoms with van der Waals surface area (Å²) >= 11 is 0. The lowest BCUT2D eigenvalue weighted by Crippen LogP contribution is -2.21. The summed E-state index contributed by atoms with van der Waals surface area (Å²) in [4.78, 5) is 0. The van der Waals surface area contributed by atoms with Crippen molar-refractivity contribution >= 4 is 0 Å². The molecule has 0 amide bonds. The van der Waals surface area contributed by atoms with Crippen LogP contribution in [0.2, 0.25) is 0 Å². The smallest absolute Gasteiger partial charge is 0.183 e. The predicted molar refractivity (Wildman–Crippen MR) is 31.7 cm³/mol. The van der Waals surface area contributed by atoms with Crippen LogP contribution < -0.4 is 0 Å². The minimum Gasteiger partial charge on any atom is -0.366 e. The summed E-state index contributed by atoms with van der Waals surface area (Å²) in [5.41, 5.74) is 0. The van der Waals surface area contributed by atoms with Gasteiger partial charge in [-0.15, -0.1) is 0 Å². The highest BCUT2D eigenvalue weighted by atomic mass is 16.8. The minimum absolute atomic E-state index is 0.0880. The molecule has 54 valence electrons. The lowest BCUT2D eigenvalue weighted by Gasteiger charge is -2.08. The van der Waals surface area contributed by atoms with Gasteiger partial charge < -0.3 is 14.6 Å². The fourth-order valence-corrected chi connectivity index (χ4v) is 0.896. The van der Waals surface area contributed by atoms with E-state index in [0.29, 0.717) is 0 Å². The Labute approximate surface area is 54.6 Å². The van der Waals surface area contributed by atoms with Crippen LogP contribution in [0.4, 0.5) is 0 Å². The Bertz CT molecular complexity index is 84.4. The average molecular weight is 132 g/mol. The molecule has 1 heterocycles. The maximum atomic E-state index is 8.97. The highest BCUT2D eigenvalue weighted by molar-refractivity contribution is 4.62. The first-order valence-corrected chi connectivity index (χ1v) is 3.26. The second-order valence-corrected chi connectivity index (χ2v) is 2.17. The third-order valence-corrected chi connectivity index (χ3v) is 1.41. The molecule has 0 saturated carbocycles. The van der Waals surface area contributed by atoms with Gasteiger partial charge in [-0.05, 0) is 6.42 Å². The fraction of sp³-hybridized carbons (Fsp3) is 1.00. The van der Waals surface area contributed by atoms with E-state index in [4.69, 9.17) is 14.6 Å². The fourth-order valence-electron chi connectivity index (χ4n) is 0.896. The molecule has 1 aliphatic rings. The van der Waals surface area contributed by atoms with Gasteiger partial charge in [0, 0.05) is 0 Å². The normalized spacial score (nSPS) is 35.3. The summed E-state index contributed by atoms with van der Waals surface area (Å²) in [6.07, 6.45) is 1.12. The lowest BCUT2D eigenvalue weighted by atomic mass is 10.2. The molecular formula is C6H12O3. The lowest BCUT2D eigenvalue weighted by molar-refractivity contribution is -0.0683. The molecule has 9 heavy (non-hydrogen) atoms. The van der Waals surface area contributed by atoms with Crippen molar-refractivity contribution in [3.05, 3.63) is 0 Å². The zero-order chi connectivity index (χ0) is 6.69. The van der Waals surface area contributed by atoms with Gasteiger partial charge in [0.1, 0.15) is 6.10 Å². The number of ether oxygens (including phenoxy) is 2. The molecular weight excluding hydrogens is 120 g/mol. The molecule has 3 nitrogen and oxygen atoms in total. The van der Waals surface area contributed by atoms with Gasteiger partial charge in [0.05, 0.1) is 0 Å². The SMILES string of the molecule is CCCC1OCOC1O. The Morgan fingerprint density at radius 1 is 1.56 bits per heavy atom. The molecule has 1 aliphatic heterocycles. The largest absolute Gasteiger partial charge is 0.366 e. The number of rotatable bonds is 2. The molecule has 0 spiro atoms. The third kappa shape index (κ3) is 1.64. The van der Waals surface area contributed by atoms with Gasteiger partial charge in [0.25, 0.3) is 0 Å². The Morgan fingerprint density at radius 2 is 2.33 bits per heavy atom. The molecule has 1 fully saturated rings. The van der Waals surface area contributed by atoms with E-state index in [9.17, 15) is 0 Å². The summed E-state index contributed by atoms with van der Waals surface area (Å²) in [6, 6.07) is 0. The molecule has 3 heteroatoms. The van der Waals surface area contributed by atoms with E-state index in [1.165, 1.54) is 0 Å². The van der Waals surface area contributed by atoms with Crippen LogP contribution in [-0.2, 0) is 9.47 Å². The molecule has 0 aliphatic carbocycles. The van der Waals surface area contributed by atoms with Crippen molar-refractivity contribution in [2.24, 2.45) is 0 Å². The molecule has 0 aromatic rings. The van der Waals surface area contributed by atoms with Gasteiger partial charge in [-0.3, -0.25) is 0 Å². The highest BCUT2D eigenvalue weighted by Gasteiger charge is 2.25. The standard InChI is InChI=1S/C6H12O3/c1-2-3-5-6(7)9-4-8-5/h5-7H,2-4H2,1H3. The van der Waals surface area contributed by atoms with Gasteiger partial charge in [-0.1, -0.05) is 13.3 Å². The molecule has 1 saturated heterocycles. The molecule has 0 aromatic heterocycles. The van der Waals surface area contributed by atoms with Crippen LogP contribution >= 0.6 is 0 Å². The number of hydrogen-bond acceptors (Lipinski definition) is 3. The van der Waals surface area contributed by atoms with E-state index < -0.39 is 6.29 Å². The van der Waals surface area contributed by atoms with Crippen molar-refractivity contribution in [2.45, 2.75) is 32.2 Å². The van der Waals surface area contributed by atoms with E-state index >= 15 is 0 Å². The molecule has 2 atom stereocenters. The van der Waals surface area contributed by atoms with Gasteiger partial charge in [0.15, 0.2) is 13.1 Å². The third-order valence-electron chi connectivity index (χ3n) is 1.41. The Morgan fingerprint density at radius 3 is 2.78 bits per heavy atom. The van der Waals surface area contributed by atoms with Gasteiger partial charge >= 0.3 is 0 Å². The van der Waals surface area contributed by atoms with Crippen LogP contribution in [-0.4, -0.2) is 24.3 Å². The van der Waals surface area contributed by atoms with Crippen molar-refractivity contribution in [3.63, 3.8) is 0 Å². The van der Waals surface area contributed by atoms with Gasteiger partial charge in [-0.2, -0.15) is 0 Å². The molecule has 0 bridgehead atoms. The van der Waals surface area contributed by atoms with Crippen molar-refractivity contribution < 1.29 is 14.6 Å². The molecule has 0 radical (unpaired) electrons. The zero-order valence-corrected chi connectivity index (χ0v) is 5.54. The average Bonchev–Trinajstić information content (AvgIpc) is 2.18. The second kappa shape index (κ2) is 3.15. The summed E-state index contributed by atoms with van der Waals surface area (Å²) in [5.74, 6) is 0. The van der Waals surface area contributed by atoms with Gasteiger partial charge in [-0.25, -0.2) is 0 Å². The summed E-state index contributed by atoms with van der Waals surface area (Å²) in [7, 11) is 0. The van der Waals surface area contributed by atoms with Gasteiger partial charge in [0.2, 0.25) is 0 Å². The van der Waals surface area contributed by atoms with Crippen molar-refractivity contribution in [2.75, 3.05) is 6.79 Å². The topological polar surface area (TPSA) is 38.7 Å². The quantitative estimate of drug-likeness (QED) is 0.593. The Hall–Kier alpha value is -0.120. The van der Waals surface area contributed by atoms with Crippen molar-refractivity contribution in [1.29, 1.82) is 0 Å². The van der Waals surface area contributed by atoms with Crippen molar-refractivity contribution in [3.8, 4) is 0 Å².